The van der Waals surface area contributed by atoms with Gasteiger partial charge in [-0.25, -0.2) is 4.39 Å². The molecule has 1 N–H and O–H groups in total. The average molecular weight is 394 g/mol. The van der Waals surface area contributed by atoms with E-state index in [0.29, 0.717) is 21.8 Å². The first-order valence-electron chi connectivity index (χ1n) is 8.80. The Labute approximate surface area is 167 Å². The molecular weight excluding hydrogens is 377 g/mol. The Bertz CT molecular complexity index is 1060. The fraction of sp³-hybridized carbons (Fsp3) is 0.0870. The molecule has 3 aromatic carbocycles. The van der Waals surface area contributed by atoms with Crippen molar-refractivity contribution in [2.45, 2.75) is 13.0 Å². The fourth-order valence-electron chi connectivity index (χ4n) is 3.46. The van der Waals surface area contributed by atoms with Gasteiger partial charge in [0.2, 0.25) is 0 Å². The second-order valence-corrected chi connectivity index (χ2v) is 7.17. The van der Waals surface area contributed by atoms with E-state index in [1.165, 1.54) is 17.0 Å². The minimum absolute atomic E-state index is 0.312. The molecule has 4 rings (SSSR count). The smallest absolute Gasteiger partial charge is 0.294 e. The number of aryl methyl sites for hydroxylation is 1. The number of carbonyl (C=O) groups is 1. The molecule has 0 bridgehead atoms. The Morgan fingerprint density at radius 3 is 2.14 bits per heavy atom. The van der Waals surface area contributed by atoms with Crippen LogP contribution in [0.3, 0.4) is 0 Å². The normalized spacial score (nSPS) is 16.8. The molecule has 1 amide bonds. The van der Waals surface area contributed by atoms with E-state index in [2.05, 4.69) is 0 Å². The number of benzene rings is 3. The molecule has 0 fully saturated rings. The van der Waals surface area contributed by atoms with Crippen LogP contribution in [0.1, 0.15) is 22.7 Å². The van der Waals surface area contributed by atoms with E-state index in [-0.39, 0.29) is 11.6 Å². The molecule has 140 valence electrons. The number of aliphatic hydroxyl groups excluding tert-OH is 1. The van der Waals surface area contributed by atoms with Gasteiger partial charge in [0.05, 0.1) is 6.04 Å². The number of hydrogen-bond acceptors (Lipinski definition) is 2. The van der Waals surface area contributed by atoms with Crippen LogP contribution in [0.4, 0.5) is 10.1 Å². The van der Waals surface area contributed by atoms with E-state index in [1.807, 2.05) is 31.2 Å². The van der Waals surface area contributed by atoms with Crippen molar-refractivity contribution in [3.63, 3.8) is 0 Å². The summed E-state index contributed by atoms with van der Waals surface area (Å²) in [6, 6.07) is 19.8. The lowest BCUT2D eigenvalue weighted by Gasteiger charge is -2.27. The molecule has 1 heterocycles. The summed E-state index contributed by atoms with van der Waals surface area (Å²) < 4.78 is 13.5. The maximum atomic E-state index is 13.5. The summed E-state index contributed by atoms with van der Waals surface area (Å²) in [5.74, 6) is -1.18. The van der Waals surface area contributed by atoms with Gasteiger partial charge in [0, 0.05) is 16.3 Å². The number of nitrogens with zero attached hydrogens (tertiary/aromatic N) is 1. The van der Waals surface area contributed by atoms with Gasteiger partial charge < -0.3 is 5.11 Å². The van der Waals surface area contributed by atoms with Gasteiger partial charge in [-0.2, -0.15) is 0 Å². The van der Waals surface area contributed by atoms with E-state index >= 15 is 0 Å². The van der Waals surface area contributed by atoms with E-state index in [0.717, 1.165) is 11.1 Å². The summed E-state index contributed by atoms with van der Waals surface area (Å²) in [6.07, 6.45) is 0. The molecular formula is C23H17ClFNO2. The maximum absolute atomic E-state index is 13.5. The van der Waals surface area contributed by atoms with Crippen LogP contribution >= 0.6 is 11.6 Å². The first-order valence-corrected chi connectivity index (χ1v) is 9.18. The van der Waals surface area contributed by atoms with Crippen molar-refractivity contribution < 1.29 is 14.3 Å². The van der Waals surface area contributed by atoms with Gasteiger partial charge in [0.15, 0.2) is 5.76 Å². The highest BCUT2D eigenvalue weighted by Gasteiger charge is 2.41. The minimum Gasteiger partial charge on any atom is -0.503 e. The van der Waals surface area contributed by atoms with Gasteiger partial charge in [-0.3, -0.25) is 9.69 Å². The average Bonchev–Trinajstić information content (AvgIpc) is 2.95. The molecule has 0 aliphatic carbocycles. The lowest BCUT2D eigenvalue weighted by molar-refractivity contribution is -0.117. The monoisotopic (exact) mass is 393 g/mol. The number of halogens is 2. The van der Waals surface area contributed by atoms with Gasteiger partial charge in [0.1, 0.15) is 5.82 Å². The molecule has 1 atom stereocenters. The Kier molecular flexibility index (Phi) is 4.65. The molecule has 3 nitrogen and oxygen atoms in total. The largest absolute Gasteiger partial charge is 0.503 e. The fourth-order valence-corrected chi connectivity index (χ4v) is 3.59. The SMILES string of the molecule is Cc1ccc(C2=C(O)C(=O)N(c3ccc(Cl)cc3)[C@@H]2c2ccc(F)cc2)cc1. The number of rotatable bonds is 3. The predicted molar refractivity (Wildman–Crippen MR) is 109 cm³/mol. The van der Waals surface area contributed by atoms with Crippen LogP contribution in [-0.2, 0) is 4.79 Å². The molecule has 0 saturated carbocycles. The first-order chi connectivity index (χ1) is 13.5. The number of amides is 1. The molecule has 5 heteroatoms. The molecule has 0 saturated heterocycles. The van der Waals surface area contributed by atoms with E-state index in [4.69, 9.17) is 11.6 Å². The summed E-state index contributed by atoms with van der Waals surface area (Å²) in [4.78, 5) is 14.5. The van der Waals surface area contributed by atoms with Crippen molar-refractivity contribution in [2.75, 3.05) is 4.90 Å². The zero-order valence-electron chi connectivity index (χ0n) is 15.1. The van der Waals surface area contributed by atoms with Gasteiger partial charge in [0.25, 0.3) is 5.91 Å². The third-order valence-electron chi connectivity index (χ3n) is 4.86. The van der Waals surface area contributed by atoms with Gasteiger partial charge in [-0.15, -0.1) is 0 Å². The van der Waals surface area contributed by atoms with Crippen LogP contribution in [-0.4, -0.2) is 11.0 Å². The highest BCUT2D eigenvalue weighted by molar-refractivity contribution is 6.30. The quantitative estimate of drug-likeness (QED) is 0.606. The number of anilines is 1. The minimum atomic E-state index is -0.586. The van der Waals surface area contributed by atoms with Crippen LogP contribution in [0.15, 0.2) is 78.6 Å². The van der Waals surface area contributed by atoms with Crippen molar-refractivity contribution in [1.29, 1.82) is 0 Å². The summed E-state index contributed by atoms with van der Waals surface area (Å²) in [6.45, 7) is 1.97. The summed E-state index contributed by atoms with van der Waals surface area (Å²) in [5.41, 5.74) is 3.59. The second-order valence-electron chi connectivity index (χ2n) is 6.73. The van der Waals surface area contributed by atoms with Crippen molar-refractivity contribution in [2.24, 2.45) is 0 Å². The Hall–Kier alpha value is -3.11. The molecule has 3 aromatic rings. The Morgan fingerprint density at radius 1 is 0.929 bits per heavy atom. The predicted octanol–water partition coefficient (Wildman–Crippen LogP) is 5.84. The molecule has 0 spiro atoms. The highest BCUT2D eigenvalue weighted by Crippen LogP contribution is 2.45. The van der Waals surface area contributed by atoms with Gasteiger partial charge >= 0.3 is 0 Å². The van der Waals surface area contributed by atoms with Crippen molar-refractivity contribution in [3.05, 3.63) is 106 Å². The standard InChI is InChI=1S/C23H17ClFNO2/c1-14-2-4-15(5-3-14)20-21(16-6-10-18(25)11-7-16)26(23(28)22(20)27)19-12-8-17(24)9-13-19/h2-13,21,27H,1H3/t21-/m1/s1. The van der Waals surface area contributed by atoms with Crippen LogP contribution in [0.5, 0.6) is 0 Å². The zero-order valence-corrected chi connectivity index (χ0v) is 15.8. The van der Waals surface area contributed by atoms with Crippen molar-refractivity contribution in [1.82, 2.24) is 0 Å². The number of hydrogen-bond donors (Lipinski definition) is 1. The number of aliphatic hydroxyl groups is 1. The Balaban J connectivity index is 1.90. The highest BCUT2D eigenvalue weighted by atomic mass is 35.5. The molecule has 28 heavy (non-hydrogen) atoms. The van der Waals surface area contributed by atoms with Crippen LogP contribution in [0, 0.1) is 12.7 Å². The van der Waals surface area contributed by atoms with Crippen LogP contribution in [0.25, 0.3) is 5.57 Å². The molecule has 0 aromatic heterocycles. The lowest BCUT2D eigenvalue weighted by Crippen LogP contribution is -2.30. The summed E-state index contributed by atoms with van der Waals surface area (Å²) in [5, 5.41) is 11.3. The lowest BCUT2D eigenvalue weighted by atomic mass is 9.93. The molecule has 0 unspecified atom stereocenters. The maximum Gasteiger partial charge on any atom is 0.294 e. The topological polar surface area (TPSA) is 40.5 Å². The van der Waals surface area contributed by atoms with Crippen LogP contribution in [0.2, 0.25) is 5.02 Å². The molecule has 0 radical (unpaired) electrons. The first kappa shape index (κ1) is 18.3. The van der Waals surface area contributed by atoms with Gasteiger partial charge in [-0.1, -0.05) is 53.6 Å². The van der Waals surface area contributed by atoms with Crippen molar-refractivity contribution in [3.8, 4) is 0 Å². The Morgan fingerprint density at radius 2 is 1.54 bits per heavy atom. The van der Waals surface area contributed by atoms with Crippen molar-refractivity contribution >= 4 is 28.8 Å². The third kappa shape index (κ3) is 3.16. The number of carbonyl (C=O) groups excluding carboxylic acids is 1. The third-order valence-corrected chi connectivity index (χ3v) is 5.11. The second kappa shape index (κ2) is 7.13. The van der Waals surface area contributed by atoms with Crippen LogP contribution < -0.4 is 4.90 Å². The van der Waals surface area contributed by atoms with E-state index in [9.17, 15) is 14.3 Å². The van der Waals surface area contributed by atoms with E-state index < -0.39 is 11.9 Å². The molecule has 1 aliphatic rings. The molecule has 1 aliphatic heterocycles. The van der Waals surface area contributed by atoms with Gasteiger partial charge in [-0.05, 0) is 54.4 Å². The summed E-state index contributed by atoms with van der Waals surface area (Å²) in [7, 11) is 0. The van der Waals surface area contributed by atoms with E-state index in [1.54, 1.807) is 36.4 Å². The summed E-state index contributed by atoms with van der Waals surface area (Å²) >= 11 is 5.99. The zero-order chi connectivity index (χ0) is 19.8.